The van der Waals surface area contributed by atoms with Crippen molar-refractivity contribution < 1.29 is 8.83 Å². The Morgan fingerprint density at radius 3 is 1.08 bits per heavy atom. The summed E-state index contributed by atoms with van der Waals surface area (Å²) in [6, 6.07) is 74.2. The first-order chi connectivity index (χ1) is 31.7. The van der Waals surface area contributed by atoms with Crippen molar-refractivity contribution in [3.63, 3.8) is 0 Å². The molecule has 0 radical (unpaired) electrons. The molecule has 6 heteroatoms. The minimum Gasteiger partial charge on any atom is -0.456 e. The van der Waals surface area contributed by atoms with Gasteiger partial charge in [0.2, 0.25) is 0 Å². The molecule has 64 heavy (non-hydrogen) atoms. The molecule has 0 bridgehead atoms. The molecule has 0 aliphatic rings. The summed E-state index contributed by atoms with van der Waals surface area (Å²) in [5.41, 5.74) is 10.1. The number of fused-ring (bicyclic) bond motifs is 13. The first-order valence-corrected chi connectivity index (χ1v) is 23.1. The summed E-state index contributed by atoms with van der Waals surface area (Å²) in [5, 5.41) is 12.1. The van der Waals surface area contributed by atoms with Gasteiger partial charge in [0.25, 0.3) is 0 Å². The molecule has 10 aromatic carbocycles. The van der Waals surface area contributed by atoms with Crippen molar-refractivity contribution >= 4 is 152 Å². The van der Waals surface area contributed by atoms with Crippen LogP contribution < -0.4 is 9.80 Å². The zero-order chi connectivity index (χ0) is 41.9. The van der Waals surface area contributed by atoms with Gasteiger partial charge < -0.3 is 18.6 Å². The molecule has 0 fully saturated rings. The second-order valence-corrected chi connectivity index (χ2v) is 18.7. The first kappa shape index (κ1) is 35.7. The van der Waals surface area contributed by atoms with Gasteiger partial charge in [0, 0.05) is 108 Å². The fourth-order valence-corrected chi connectivity index (χ4v) is 12.1. The molecule has 14 aromatic rings. The third kappa shape index (κ3) is 5.53. The molecule has 0 saturated carbocycles. The fraction of sp³-hybridized carbons (Fsp3) is 0. The van der Waals surface area contributed by atoms with Crippen LogP contribution in [0.1, 0.15) is 0 Å². The number of anilines is 6. The highest BCUT2D eigenvalue weighted by Crippen LogP contribution is 2.46. The summed E-state index contributed by atoms with van der Waals surface area (Å²) >= 11 is 3.73. The quantitative estimate of drug-likeness (QED) is 0.167. The van der Waals surface area contributed by atoms with Gasteiger partial charge in [-0.15, -0.1) is 22.7 Å². The number of benzene rings is 10. The van der Waals surface area contributed by atoms with E-state index >= 15 is 0 Å². The Hall–Kier alpha value is -7.90. The average molecular weight is 855 g/mol. The maximum atomic E-state index is 6.35. The second-order valence-electron chi connectivity index (χ2n) is 16.5. The smallest absolute Gasteiger partial charge is 0.137 e. The molecule has 0 N–H and O–H groups in total. The van der Waals surface area contributed by atoms with Crippen LogP contribution >= 0.6 is 22.7 Å². The number of thiophene rings is 2. The molecule has 14 rings (SSSR count). The predicted octanol–water partition coefficient (Wildman–Crippen LogP) is 18.3. The largest absolute Gasteiger partial charge is 0.456 e. The van der Waals surface area contributed by atoms with Gasteiger partial charge in [0.05, 0.1) is 0 Å². The Kier molecular flexibility index (Phi) is 7.69. The SMILES string of the molecule is c1ccc(N(c2ccc3c(c2)oc2ccccc23)c2ccc3c(c2)sc2cc4cc5sc6cc(N(c7ccccc7)c7ccc8c(c7)oc7ccccc78)ccc6c5cc4cc23)cc1. The summed E-state index contributed by atoms with van der Waals surface area (Å²) in [4.78, 5) is 4.66. The summed E-state index contributed by atoms with van der Waals surface area (Å²) in [6.45, 7) is 0. The summed E-state index contributed by atoms with van der Waals surface area (Å²) in [7, 11) is 0. The molecule has 0 amide bonds. The number of nitrogens with zero attached hydrogens (tertiary/aromatic N) is 2. The number of furan rings is 2. The molecular formula is C58H34N2O2S2. The first-order valence-electron chi connectivity index (χ1n) is 21.5. The zero-order valence-electron chi connectivity index (χ0n) is 34.2. The molecule has 0 atom stereocenters. The van der Waals surface area contributed by atoms with Crippen LogP contribution in [0.2, 0.25) is 0 Å². The van der Waals surface area contributed by atoms with Gasteiger partial charge in [-0.2, -0.15) is 0 Å². The third-order valence-corrected chi connectivity index (χ3v) is 15.0. The predicted molar refractivity (Wildman–Crippen MR) is 274 cm³/mol. The average Bonchev–Trinajstić information content (AvgIpc) is 4.10. The highest BCUT2D eigenvalue weighted by Gasteiger charge is 2.20. The Morgan fingerprint density at radius 1 is 0.250 bits per heavy atom. The number of rotatable bonds is 6. The van der Waals surface area contributed by atoms with Gasteiger partial charge in [0.15, 0.2) is 0 Å². The van der Waals surface area contributed by atoms with E-state index in [2.05, 4.69) is 192 Å². The van der Waals surface area contributed by atoms with Crippen LogP contribution in [0.25, 0.3) is 95.0 Å². The lowest BCUT2D eigenvalue weighted by molar-refractivity contribution is 0.668. The normalized spacial score (nSPS) is 12.1. The Balaban J connectivity index is 0.858. The van der Waals surface area contributed by atoms with Crippen molar-refractivity contribution in [2.75, 3.05) is 9.80 Å². The lowest BCUT2D eigenvalue weighted by Crippen LogP contribution is -2.09. The highest BCUT2D eigenvalue weighted by molar-refractivity contribution is 7.26. The molecule has 0 aliphatic carbocycles. The van der Waals surface area contributed by atoms with E-state index in [0.717, 1.165) is 78.0 Å². The maximum absolute atomic E-state index is 6.35. The molecule has 4 aromatic heterocycles. The maximum Gasteiger partial charge on any atom is 0.137 e. The lowest BCUT2D eigenvalue weighted by Gasteiger charge is -2.25. The molecular weight excluding hydrogens is 821 g/mol. The van der Waals surface area contributed by atoms with Crippen LogP contribution in [0.15, 0.2) is 215 Å². The van der Waals surface area contributed by atoms with E-state index in [1.54, 1.807) is 0 Å². The van der Waals surface area contributed by atoms with Gasteiger partial charge in [-0.1, -0.05) is 84.9 Å². The van der Waals surface area contributed by atoms with Gasteiger partial charge >= 0.3 is 0 Å². The van der Waals surface area contributed by atoms with E-state index in [9.17, 15) is 0 Å². The van der Waals surface area contributed by atoms with E-state index in [1.807, 2.05) is 46.9 Å². The van der Waals surface area contributed by atoms with E-state index in [4.69, 9.17) is 8.83 Å². The Morgan fingerprint density at radius 2 is 0.609 bits per heavy atom. The van der Waals surface area contributed by atoms with Gasteiger partial charge in [-0.3, -0.25) is 0 Å². The number of hydrogen-bond donors (Lipinski definition) is 0. The second kappa shape index (κ2) is 13.8. The minimum absolute atomic E-state index is 0.883. The summed E-state index contributed by atoms with van der Waals surface area (Å²) < 4.78 is 17.8. The Labute approximate surface area is 374 Å². The molecule has 0 unspecified atom stereocenters. The van der Waals surface area contributed by atoms with Crippen LogP contribution in [-0.2, 0) is 0 Å². The van der Waals surface area contributed by atoms with Gasteiger partial charge in [-0.05, 0) is 120 Å². The third-order valence-electron chi connectivity index (χ3n) is 12.8. The van der Waals surface area contributed by atoms with Crippen LogP contribution in [0.3, 0.4) is 0 Å². The minimum atomic E-state index is 0.883. The van der Waals surface area contributed by atoms with Crippen molar-refractivity contribution in [3.8, 4) is 0 Å². The molecule has 4 nitrogen and oxygen atoms in total. The number of hydrogen-bond acceptors (Lipinski definition) is 6. The summed E-state index contributed by atoms with van der Waals surface area (Å²) in [6.07, 6.45) is 0. The molecule has 300 valence electrons. The van der Waals surface area contributed by atoms with Crippen molar-refractivity contribution in [2.24, 2.45) is 0 Å². The van der Waals surface area contributed by atoms with Crippen LogP contribution in [0.4, 0.5) is 34.1 Å². The lowest BCUT2D eigenvalue weighted by atomic mass is 10.0. The van der Waals surface area contributed by atoms with E-state index in [1.165, 1.54) is 51.1 Å². The van der Waals surface area contributed by atoms with E-state index in [-0.39, 0.29) is 0 Å². The van der Waals surface area contributed by atoms with Crippen molar-refractivity contribution in [1.82, 2.24) is 0 Å². The van der Waals surface area contributed by atoms with Crippen molar-refractivity contribution in [3.05, 3.63) is 206 Å². The highest BCUT2D eigenvalue weighted by atomic mass is 32.1. The molecule has 0 saturated heterocycles. The van der Waals surface area contributed by atoms with Gasteiger partial charge in [0.1, 0.15) is 22.3 Å². The molecule has 4 heterocycles. The van der Waals surface area contributed by atoms with Gasteiger partial charge in [-0.25, -0.2) is 0 Å². The van der Waals surface area contributed by atoms with E-state index in [0.29, 0.717) is 0 Å². The fourth-order valence-electron chi connectivity index (χ4n) is 9.80. The zero-order valence-corrected chi connectivity index (χ0v) is 35.8. The Bertz CT molecular complexity index is 3900. The molecule has 0 spiro atoms. The van der Waals surface area contributed by atoms with Crippen LogP contribution in [-0.4, -0.2) is 0 Å². The van der Waals surface area contributed by atoms with Crippen molar-refractivity contribution in [1.29, 1.82) is 0 Å². The van der Waals surface area contributed by atoms with E-state index < -0.39 is 0 Å². The van der Waals surface area contributed by atoms with Crippen LogP contribution in [0, 0.1) is 0 Å². The monoisotopic (exact) mass is 854 g/mol. The summed E-state index contributed by atoms with van der Waals surface area (Å²) in [5.74, 6) is 0. The molecule has 0 aliphatic heterocycles. The number of para-hydroxylation sites is 4. The topological polar surface area (TPSA) is 32.8 Å². The standard InChI is InChI=1S/C58H34N2O2S2/c1-3-11-37(12-4-1)59(39-19-23-45-43-15-7-9-17-51(43)61-53(45)31-39)41-21-25-47-49-27-35-28-50-48-26-22-42(34-58(48)64-56(50)30-36(35)29-55(49)63-57(47)33-41)60(38-13-5-2-6-14-38)40-20-24-46-44-16-8-10-18-52(44)62-54(46)32-40/h1-34H. The van der Waals surface area contributed by atoms with Crippen molar-refractivity contribution in [2.45, 2.75) is 0 Å². The van der Waals surface area contributed by atoms with Crippen LogP contribution in [0.5, 0.6) is 0 Å².